The van der Waals surface area contributed by atoms with Crippen molar-refractivity contribution in [2.75, 3.05) is 0 Å². The Morgan fingerprint density at radius 2 is 0.904 bits per heavy atom. The SMILES string of the molecule is CC(=O)OC(C)=O.CC(=O)c1c[nH]c2ncccc12.CC(=O)c1cn([Si](C)(C)C(C)(C)C)c2ncccc12.CC(C)(C)[Si](C)(C)Cl.CC(C)(C)[Si](C)(C)n1cc(-c2cc(CNC(=O)OCc3ccccc3)[nH]n2)c2cccnc21.CCC(=O)Cl.O=C(NCc1cc(-c2c[nH]c3ncccc23)n[nH]1)c1cccn(Cc2ccc(F)c(F)c2)c1=O.O=C(O)c1cccn(Cc2ccc(F)c(F)c2)c1=O.c1cnc2[nH]ccc2c1. The van der Waals surface area contributed by atoms with Crippen molar-refractivity contribution in [3.05, 3.63) is 339 Å². The van der Waals surface area contributed by atoms with Crippen LogP contribution in [0.5, 0.6) is 0 Å². The van der Waals surface area contributed by atoms with Crippen LogP contribution in [-0.2, 0) is 56.6 Å². The highest BCUT2D eigenvalue weighted by Crippen LogP contribution is 2.43. The molecule has 0 aliphatic heterocycles. The number of halogens is 6. The number of H-pyrrole nitrogens is 5. The molecular weight excluding hydrogens is 1960 g/mol. The van der Waals surface area contributed by atoms with Crippen molar-refractivity contribution < 1.29 is 70.5 Å². The van der Waals surface area contributed by atoms with E-state index >= 15 is 0 Å². The average Bonchev–Trinajstić information content (AvgIpc) is 1.60. The molecule has 0 aliphatic carbocycles. The number of fused-ring (bicyclic) bond motifs is 5. The first-order valence-corrected chi connectivity index (χ1v) is 56.6. The molecule has 0 saturated heterocycles. The molecule has 14 aromatic heterocycles. The number of esters is 2. The van der Waals surface area contributed by atoms with Crippen LogP contribution in [0.1, 0.15) is 173 Å². The lowest BCUT2D eigenvalue weighted by Gasteiger charge is -2.38. The van der Waals surface area contributed by atoms with E-state index in [0.717, 1.165) is 118 Å². The molecule has 0 spiro atoms. The second-order valence-electron chi connectivity index (χ2n) is 38.1. The molecule has 0 atom stereocenters. The van der Waals surface area contributed by atoms with Crippen LogP contribution in [0, 0.1) is 23.3 Å². The van der Waals surface area contributed by atoms with Crippen molar-refractivity contribution in [2.45, 2.75) is 191 Å². The van der Waals surface area contributed by atoms with Crippen LogP contribution in [-0.4, -0.2) is 154 Å². The number of carbonyl (C=O) groups excluding carboxylic acids is 7. The molecule has 146 heavy (non-hydrogen) atoms. The van der Waals surface area contributed by atoms with Gasteiger partial charge in [0.2, 0.25) is 5.24 Å². The largest absolute Gasteiger partial charge is 0.477 e. The number of ketones is 2. The first-order valence-electron chi connectivity index (χ1n) is 46.3. The molecule has 8 N–H and O–H groups in total. The van der Waals surface area contributed by atoms with Gasteiger partial charge in [0, 0.05) is 144 Å². The smallest absolute Gasteiger partial charge is 0.407 e. The number of carboxylic acids is 1. The highest BCUT2D eigenvalue weighted by molar-refractivity contribution is 7.20. The molecule has 31 nitrogen and oxygen atoms in total. The van der Waals surface area contributed by atoms with E-state index in [1.165, 1.54) is 61.1 Å². The van der Waals surface area contributed by atoms with Crippen molar-refractivity contribution in [2.24, 2.45) is 0 Å². The van der Waals surface area contributed by atoms with Crippen molar-refractivity contribution in [1.82, 2.24) is 88.5 Å². The van der Waals surface area contributed by atoms with Gasteiger partial charge in [0.25, 0.3) is 17.0 Å². The van der Waals surface area contributed by atoms with Gasteiger partial charge in [0.05, 0.1) is 49.0 Å². The maximum Gasteiger partial charge on any atom is 0.407 e. The van der Waals surface area contributed by atoms with Crippen LogP contribution in [0.4, 0.5) is 22.4 Å². The van der Waals surface area contributed by atoms with Crippen molar-refractivity contribution >= 4 is 148 Å². The summed E-state index contributed by atoms with van der Waals surface area (Å²) in [6.07, 6.45) is 21.3. The fourth-order valence-corrected chi connectivity index (χ4v) is 17.2. The summed E-state index contributed by atoms with van der Waals surface area (Å²) in [5, 5.41) is 34.5. The number of carboxylic acid groups (broad SMARTS) is 1. The van der Waals surface area contributed by atoms with Gasteiger partial charge >= 0.3 is 24.0 Å². The minimum atomic E-state index is -1.88. The number of rotatable bonds is 19. The zero-order valence-electron chi connectivity index (χ0n) is 84.9. The molecule has 3 aromatic carbocycles. The topological polar surface area (TPSA) is 422 Å². The maximum absolute atomic E-state index is 13.5. The number of hydrogen-bond donors (Lipinski definition) is 8. The second-order valence-corrected chi connectivity index (χ2v) is 56.0. The fourth-order valence-electron chi connectivity index (χ4n) is 13.4. The first kappa shape index (κ1) is 114. The summed E-state index contributed by atoms with van der Waals surface area (Å²) in [6.45, 7) is 41.9. The Morgan fingerprint density at radius 1 is 0.459 bits per heavy atom. The Kier molecular flexibility index (Phi) is 39.8. The molecule has 17 rings (SSSR count). The molecule has 2 amide bonds. The van der Waals surface area contributed by atoms with E-state index < -0.39 is 88.2 Å². The van der Waals surface area contributed by atoms with E-state index in [9.17, 15) is 65.5 Å². The molecule has 0 unspecified atom stereocenters. The van der Waals surface area contributed by atoms with Gasteiger partial charge in [-0.15, -0.1) is 0 Å². The molecule has 0 fully saturated rings. The van der Waals surface area contributed by atoms with Gasteiger partial charge in [-0.05, 0) is 185 Å². The normalized spacial score (nSPS) is 11.3. The average molecular weight is 2090 g/mol. The van der Waals surface area contributed by atoms with Crippen molar-refractivity contribution in [3.8, 4) is 22.5 Å². The summed E-state index contributed by atoms with van der Waals surface area (Å²) in [5.74, 6) is -6.79. The predicted octanol–water partition coefficient (Wildman–Crippen LogP) is 22.9. The Bertz CT molecular complexity index is 7520. The molecule has 0 bridgehead atoms. The quantitative estimate of drug-likeness (QED) is 0.00709. The number of nitrogens with zero attached hydrogens (tertiary/aromatic N) is 11. The van der Waals surface area contributed by atoms with Crippen LogP contribution in [0.3, 0.4) is 0 Å². The van der Waals surface area contributed by atoms with Gasteiger partial charge in [-0.3, -0.25) is 48.6 Å². The Hall–Kier alpha value is -15.3. The lowest BCUT2D eigenvalue weighted by Crippen LogP contribution is -2.45. The molecule has 0 radical (unpaired) electrons. The maximum atomic E-state index is 13.5. The number of carbonyl (C=O) groups is 8. The summed E-state index contributed by atoms with van der Waals surface area (Å²) < 4.78 is 68.7. The Balaban J connectivity index is 0.000000195. The summed E-state index contributed by atoms with van der Waals surface area (Å²) in [4.78, 5) is 143. The number of alkyl carbamates (subject to hydrolysis) is 1. The van der Waals surface area contributed by atoms with Crippen molar-refractivity contribution in [3.63, 3.8) is 0 Å². The third-order valence-electron chi connectivity index (χ3n) is 24.4. The number of Topliss-reactive ketones (excluding diaryl/α,β-unsaturated/α-hetero) is 2. The summed E-state index contributed by atoms with van der Waals surface area (Å²) >= 11 is 11.0. The van der Waals surface area contributed by atoms with Gasteiger partial charge < -0.3 is 57.8 Å². The van der Waals surface area contributed by atoms with Crippen LogP contribution in [0.25, 0.3) is 77.7 Å². The van der Waals surface area contributed by atoms with Gasteiger partial charge in [0.15, 0.2) is 58.7 Å². The zero-order chi connectivity index (χ0) is 108. The number of ether oxygens (including phenoxy) is 2. The van der Waals surface area contributed by atoms with Crippen molar-refractivity contribution in [1.29, 1.82) is 0 Å². The number of benzene rings is 3. The number of aromatic nitrogens is 16. The molecule has 40 heteroatoms. The Morgan fingerprint density at radius 3 is 1.38 bits per heavy atom. The van der Waals surface area contributed by atoms with Crippen LogP contribution < -0.4 is 21.8 Å². The number of hydrogen-bond acceptors (Lipinski definition) is 19. The van der Waals surface area contributed by atoms with E-state index in [-0.39, 0.29) is 64.3 Å². The third-order valence-corrected chi connectivity index (χ3v) is 40.4. The Labute approximate surface area is 853 Å². The fraction of sp³-hybridized carbons (Fsp3) is 0.274. The van der Waals surface area contributed by atoms with Gasteiger partial charge in [-0.2, -0.15) is 21.3 Å². The number of pyridine rings is 7. The van der Waals surface area contributed by atoms with E-state index in [0.29, 0.717) is 46.1 Å². The minimum absolute atomic E-state index is 0.000536. The molecule has 766 valence electrons. The molecule has 0 aliphatic rings. The summed E-state index contributed by atoms with van der Waals surface area (Å²) in [7, 11) is -5.03. The van der Waals surface area contributed by atoms with Gasteiger partial charge in [-0.25, -0.2) is 52.1 Å². The number of nitrogens with one attached hydrogen (secondary N) is 7. The highest BCUT2D eigenvalue weighted by atomic mass is 35.6. The highest BCUT2D eigenvalue weighted by Gasteiger charge is 2.41. The molecular formula is C106H120Cl2F4N18O13Si3. The minimum Gasteiger partial charge on any atom is -0.477 e. The predicted molar refractivity (Wildman–Crippen MR) is 569 cm³/mol. The molecule has 0 saturated carbocycles. The van der Waals surface area contributed by atoms with Gasteiger partial charge in [0.1, 0.15) is 46.0 Å². The third kappa shape index (κ3) is 31.1. The van der Waals surface area contributed by atoms with Gasteiger partial charge in [-0.1, -0.05) is 151 Å². The van der Waals surface area contributed by atoms with Crippen LogP contribution in [0.15, 0.2) is 254 Å². The van der Waals surface area contributed by atoms with E-state index in [1.807, 2.05) is 128 Å². The second kappa shape index (κ2) is 50.8. The number of amides is 2. The lowest BCUT2D eigenvalue weighted by atomic mass is 10.1. The number of aromatic carboxylic acids is 1. The molecule has 17 aromatic rings. The molecule has 14 heterocycles. The standard InChI is InChI=1S/C25H31N5O2Si.C24H18F2N6O2.C15H22N2OSi.C13H9F2NO3.C9H8N2O.C7H6N2.C6H15ClSi.C4H6O3.C3H5ClO/c1-25(2,3)33(4,5)30-16-21(20-12-9-13-26-23(20)30)22-14-19(28-29-22)15-27-24(31)32-17-18-10-7-6-8-11-18;25-19-6-5-14(9-20(19)26)13-32-8-2-4-17(24(32)34)23(33)29-11-15-10-21(31-30-15)18-12-28-22-16(18)3-1-7-27-22;1-11(18)13-10-17(19(5,6)15(2,3)4)14-12(13)8-7-9-16-14;14-10-4-3-8(6-11(10)15)7-16-5-1-2-9(12(16)17)13(18)19;1-6(12)8-5-11-9-7(8)3-2-4-10-9;1-2-6-3-5-9-7(6)8-4-1;1-6(2,3)8(4,5)7;1-3(5)7-4(2)6;1-2-3(4)5/h6-14,16H,15,17H2,1-5H3,(H,27,31)(H,28,29);1-10,12H,11,13H2,(H,27,28)(H,29,33)(H,30,31);7-10H,1-6H3;1-6H,7H2,(H,18,19);2-5H,1H3,(H,10,11);1-5H,(H,8,9);1-5H3;1-2H3;2H2,1H3. The first-order chi connectivity index (χ1) is 68.7. The van der Waals surface area contributed by atoms with Crippen LogP contribution in [0.2, 0.25) is 54.4 Å². The summed E-state index contributed by atoms with van der Waals surface area (Å²) in [6, 6.07) is 47.0. The van der Waals surface area contributed by atoms with E-state index in [1.54, 1.807) is 57.8 Å². The zero-order valence-corrected chi connectivity index (χ0v) is 89.4. The summed E-state index contributed by atoms with van der Waals surface area (Å²) in [5.41, 5.74) is 10.8. The van der Waals surface area contributed by atoms with E-state index in [4.69, 9.17) is 37.5 Å². The monoisotopic (exact) mass is 2080 g/mol. The van der Waals surface area contributed by atoms with E-state index in [2.05, 4.69) is 193 Å². The lowest BCUT2D eigenvalue weighted by molar-refractivity contribution is -0.156. The van der Waals surface area contributed by atoms with Crippen LogP contribution >= 0.6 is 22.7 Å². The number of aromatic amines is 5.